The molecule has 3 aromatic rings. The summed E-state index contributed by atoms with van der Waals surface area (Å²) in [6.45, 7) is 2.77. The molecule has 0 spiro atoms. The summed E-state index contributed by atoms with van der Waals surface area (Å²) in [5, 5.41) is 6.76. The van der Waals surface area contributed by atoms with Gasteiger partial charge in [-0.1, -0.05) is 35.0 Å². The minimum Gasteiger partial charge on any atom is -0.497 e. The lowest BCUT2D eigenvalue weighted by molar-refractivity contribution is 0.0712. The second kappa shape index (κ2) is 9.68. The number of hydrogen-bond donors (Lipinski definition) is 1. The van der Waals surface area contributed by atoms with Gasteiger partial charge in [0.1, 0.15) is 5.75 Å². The van der Waals surface area contributed by atoms with Gasteiger partial charge in [-0.2, -0.15) is 0 Å². The Labute approximate surface area is 187 Å². The topological polar surface area (TPSA) is 84.7 Å². The van der Waals surface area contributed by atoms with Gasteiger partial charge in [0.2, 0.25) is 0 Å². The van der Waals surface area contributed by atoms with Crippen molar-refractivity contribution in [1.29, 1.82) is 0 Å². The van der Waals surface area contributed by atoms with E-state index in [1.54, 1.807) is 18.1 Å². The molecule has 1 fully saturated rings. The van der Waals surface area contributed by atoms with Crippen LogP contribution in [0, 0.1) is 6.92 Å². The zero-order valence-electron chi connectivity index (χ0n) is 18.3. The molecule has 2 aromatic carbocycles. The molecule has 2 amide bonds. The van der Waals surface area contributed by atoms with Crippen LogP contribution in [0.4, 0.5) is 0 Å². The number of methoxy groups -OCH3 is 1. The van der Waals surface area contributed by atoms with Gasteiger partial charge in [-0.3, -0.25) is 9.59 Å². The Kier molecular flexibility index (Phi) is 6.54. The van der Waals surface area contributed by atoms with Crippen LogP contribution in [-0.4, -0.2) is 41.6 Å². The number of aryl methyl sites for hydroxylation is 1. The summed E-state index contributed by atoms with van der Waals surface area (Å²) in [6.07, 6.45) is 2.65. The van der Waals surface area contributed by atoms with E-state index in [0.29, 0.717) is 30.8 Å². The van der Waals surface area contributed by atoms with E-state index in [4.69, 9.17) is 9.26 Å². The van der Waals surface area contributed by atoms with Gasteiger partial charge in [0.05, 0.1) is 13.7 Å². The molecule has 0 bridgehead atoms. The molecular weight excluding hydrogens is 406 g/mol. The van der Waals surface area contributed by atoms with Crippen molar-refractivity contribution in [3.63, 3.8) is 0 Å². The summed E-state index contributed by atoms with van der Waals surface area (Å²) in [5.41, 5.74) is 3.07. The van der Waals surface area contributed by atoms with Crippen LogP contribution in [0.3, 0.4) is 0 Å². The Hall–Kier alpha value is -3.61. The summed E-state index contributed by atoms with van der Waals surface area (Å²) in [6, 6.07) is 17.1. The number of nitrogens with zero attached hydrogens (tertiary/aromatic N) is 2. The first kappa shape index (κ1) is 21.6. The van der Waals surface area contributed by atoms with Gasteiger partial charge in [-0.15, -0.1) is 0 Å². The first-order chi connectivity index (χ1) is 15.5. The molecule has 166 valence electrons. The van der Waals surface area contributed by atoms with Crippen molar-refractivity contribution in [3.8, 4) is 5.75 Å². The lowest BCUT2D eigenvalue weighted by Gasteiger charge is -2.21. The molecule has 1 N–H and O–H groups in total. The van der Waals surface area contributed by atoms with Crippen LogP contribution >= 0.6 is 0 Å². The standard InChI is InChI=1S/C25H27N3O4/c1-17-3-7-19(8-4-17)25(30)28(20-9-10-20)16-22-15-23(27-32-22)24(29)26-14-13-18-5-11-21(31-2)12-6-18/h3-8,11-12,15,20H,9-10,13-14,16H2,1-2H3,(H,26,29). The van der Waals surface area contributed by atoms with Crippen LogP contribution in [0.5, 0.6) is 5.75 Å². The summed E-state index contributed by atoms with van der Waals surface area (Å²) in [4.78, 5) is 27.2. The molecule has 4 rings (SSSR count). The maximum absolute atomic E-state index is 13.0. The van der Waals surface area contributed by atoms with Gasteiger partial charge < -0.3 is 19.5 Å². The Morgan fingerprint density at radius 3 is 2.50 bits per heavy atom. The van der Waals surface area contributed by atoms with Gasteiger partial charge in [0, 0.05) is 24.2 Å². The molecule has 7 nitrogen and oxygen atoms in total. The normalized spacial score (nSPS) is 12.9. The second-order valence-electron chi connectivity index (χ2n) is 8.06. The number of amides is 2. The highest BCUT2D eigenvalue weighted by Crippen LogP contribution is 2.30. The van der Waals surface area contributed by atoms with Gasteiger partial charge >= 0.3 is 0 Å². The smallest absolute Gasteiger partial charge is 0.273 e. The first-order valence-corrected chi connectivity index (χ1v) is 10.8. The zero-order chi connectivity index (χ0) is 22.5. The number of carbonyl (C=O) groups excluding carboxylic acids is 2. The molecular formula is C25H27N3O4. The van der Waals surface area contributed by atoms with Gasteiger partial charge in [-0.25, -0.2) is 0 Å². The van der Waals surface area contributed by atoms with E-state index in [-0.39, 0.29) is 23.6 Å². The van der Waals surface area contributed by atoms with E-state index in [0.717, 1.165) is 29.7 Å². The molecule has 1 aliphatic rings. The molecule has 1 aromatic heterocycles. The third kappa shape index (κ3) is 5.35. The van der Waals surface area contributed by atoms with Crippen molar-refractivity contribution in [2.24, 2.45) is 0 Å². The van der Waals surface area contributed by atoms with Crippen molar-refractivity contribution in [1.82, 2.24) is 15.4 Å². The van der Waals surface area contributed by atoms with E-state index in [1.165, 1.54) is 0 Å². The molecule has 1 saturated carbocycles. The molecule has 0 unspecified atom stereocenters. The van der Waals surface area contributed by atoms with Crippen LogP contribution in [0.25, 0.3) is 0 Å². The number of benzene rings is 2. The quantitative estimate of drug-likeness (QED) is 0.555. The molecule has 0 aliphatic heterocycles. The maximum atomic E-state index is 13.0. The second-order valence-corrected chi connectivity index (χ2v) is 8.06. The molecule has 0 saturated heterocycles. The van der Waals surface area contributed by atoms with E-state index >= 15 is 0 Å². The highest BCUT2D eigenvalue weighted by molar-refractivity contribution is 5.95. The molecule has 0 atom stereocenters. The fourth-order valence-corrected chi connectivity index (χ4v) is 3.48. The average molecular weight is 434 g/mol. The highest BCUT2D eigenvalue weighted by atomic mass is 16.5. The molecule has 0 radical (unpaired) electrons. The number of ether oxygens (including phenoxy) is 1. The predicted octanol–water partition coefficient (Wildman–Crippen LogP) is 3.77. The van der Waals surface area contributed by atoms with Crippen LogP contribution in [0.1, 0.15) is 50.6 Å². The number of hydrogen-bond acceptors (Lipinski definition) is 5. The highest BCUT2D eigenvalue weighted by Gasteiger charge is 2.34. The number of nitrogens with one attached hydrogen (secondary N) is 1. The molecule has 7 heteroatoms. The maximum Gasteiger partial charge on any atom is 0.273 e. The number of carbonyl (C=O) groups is 2. The minimum absolute atomic E-state index is 0.0330. The van der Waals surface area contributed by atoms with Gasteiger partial charge in [-0.05, 0) is 56.0 Å². The number of aromatic nitrogens is 1. The van der Waals surface area contributed by atoms with Crippen LogP contribution < -0.4 is 10.1 Å². The van der Waals surface area contributed by atoms with Crippen molar-refractivity contribution in [2.45, 2.75) is 38.8 Å². The van der Waals surface area contributed by atoms with E-state index in [1.807, 2.05) is 55.5 Å². The third-order valence-electron chi connectivity index (χ3n) is 5.52. The van der Waals surface area contributed by atoms with Gasteiger partial charge in [0.25, 0.3) is 11.8 Å². The number of rotatable bonds is 9. The van der Waals surface area contributed by atoms with Crippen LogP contribution in [0.2, 0.25) is 0 Å². The Bertz CT molecular complexity index is 1070. The summed E-state index contributed by atoms with van der Waals surface area (Å²) in [5.74, 6) is 0.970. The summed E-state index contributed by atoms with van der Waals surface area (Å²) >= 11 is 0. The minimum atomic E-state index is -0.295. The largest absolute Gasteiger partial charge is 0.497 e. The molecule has 32 heavy (non-hydrogen) atoms. The fourth-order valence-electron chi connectivity index (χ4n) is 3.48. The molecule has 1 heterocycles. The van der Waals surface area contributed by atoms with E-state index < -0.39 is 0 Å². The van der Waals surface area contributed by atoms with Gasteiger partial charge in [0.15, 0.2) is 11.5 Å². The monoisotopic (exact) mass is 433 g/mol. The lowest BCUT2D eigenvalue weighted by Crippen LogP contribution is -2.32. The van der Waals surface area contributed by atoms with Crippen molar-refractivity contribution < 1.29 is 18.8 Å². The van der Waals surface area contributed by atoms with Crippen LogP contribution in [0.15, 0.2) is 59.1 Å². The fraction of sp³-hybridized carbons (Fsp3) is 0.320. The average Bonchev–Trinajstić information content (AvgIpc) is 3.55. The van der Waals surface area contributed by atoms with Crippen molar-refractivity contribution in [3.05, 3.63) is 82.7 Å². The van der Waals surface area contributed by atoms with Crippen LogP contribution in [-0.2, 0) is 13.0 Å². The SMILES string of the molecule is COc1ccc(CCNC(=O)c2cc(CN(C(=O)c3ccc(C)cc3)C3CC3)on2)cc1. The molecule has 1 aliphatic carbocycles. The lowest BCUT2D eigenvalue weighted by atomic mass is 10.1. The van der Waals surface area contributed by atoms with E-state index in [2.05, 4.69) is 10.5 Å². The Balaban J connectivity index is 1.33. The zero-order valence-corrected chi connectivity index (χ0v) is 18.3. The van der Waals surface area contributed by atoms with Crippen molar-refractivity contribution in [2.75, 3.05) is 13.7 Å². The first-order valence-electron chi connectivity index (χ1n) is 10.8. The Morgan fingerprint density at radius 1 is 1.12 bits per heavy atom. The Morgan fingerprint density at radius 2 is 1.84 bits per heavy atom. The van der Waals surface area contributed by atoms with Crippen molar-refractivity contribution >= 4 is 11.8 Å². The summed E-state index contributed by atoms with van der Waals surface area (Å²) < 4.78 is 10.5. The third-order valence-corrected chi connectivity index (χ3v) is 5.52. The van der Waals surface area contributed by atoms with E-state index in [9.17, 15) is 9.59 Å². The predicted molar refractivity (Wildman–Crippen MR) is 120 cm³/mol. The summed E-state index contributed by atoms with van der Waals surface area (Å²) in [7, 11) is 1.63.